The highest BCUT2D eigenvalue weighted by Crippen LogP contribution is 2.28. The second-order valence-corrected chi connectivity index (χ2v) is 6.55. The van der Waals surface area contributed by atoms with Gasteiger partial charge in [0, 0.05) is 19.6 Å². The Hall–Kier alpha value is -2.28. The van der Waals surface area contributed by atoms with Gasteiger partial charge in [0.2, 0.25) is 11.8 Å². The van der Waals surface area contributed by atoms with E-state index < -0.39 is 0 Å². The Morgan fingerprint density at radius 1 is 1.19 bits per heavy atom. The molecule has 1 aromatic carbocycles. The number of methoxy groups -OCH3 is 2. The normalized spacial score (nSPS) is 20.3. The highest BCUT2D eigenvalue weighted by Gasteiger charge is 2.33. The van der Waals surface area contributed by atoms with Gasteiger partial charge in [-0.15, -0.1) is 0 Å². The van der Waals surface area contributed by atoms with E-state index in [2.05, 4.69) is 16.0 Å². The van der Waals surface area contributed by atoms with Crippen LogP contribution in [0.15, 0.2) is 18.2 Å². The molecule has 1 fully saturated rings. The molecule has 2 amide bonds. The van der Waals surface area contributed by atoms with Gasteiger partial charge in [-0.25, -0.2) is 0 Å². The maximum Gasteiger partial charge on any atom is 0.237 e. The maximum atomic E-state index is 12.4. The van der Waals surface area contributed by atoms with Crippen molar-refractivity contribution < 1.29 is 19.1 Å². The number of carbonyl (C=O) groups is 2. The molecule has 0 aromatic heterocycles. The van der Waals surface area contributed by atoms with Gasteiger partial charge in [0.05, 0.1) is 26.2 Å². The smallest absolute Gasteiger partial charge is 0.237 e. The minimum absolute atomic E-state index is 0.0387. The number of rotatable bonds is 8. The first-order chi connectivity index (χ1) is 12.5. The van der Waals surface area contributed by atoms with Gasteiger partial charge in [-0.3, -0.25) is 9.59 Å². The molecule has 3 atom stereocenters. The molecule has 0 saturated heterocycles. The molecule has 7 heteroatoms. The van der Waals surface area contributed by atoms with Crippen LogP contribution in [0.2, 0.25) is 0 Å². The summed E-state index contributed by atoms with van der Waals surface area (Å²) < 4.78 is 10.5. The van der Waals surface area contributed by atoms with Crippen molar-refractivity contribution in [2.45, 2.75) is 44.8 Å². The Kier molecular flexibility index (Phi) is 7.26. The van der Waals surface area contributed by atoms with Crippen LogP contribution >= 0.6 is 0 Å². The molecule has 0 aliphatic heterocycles. The average molecular weight is 363 g/mol. The van der Waals surface area contributed by atoms with Crippen LogP contribution < -0.4 is 25.4 Å². The molecule has 0 spiro atoms. The Balaban J connectivity index is 1.88. The number of carbonyl (C=O) groups excluding carboxylic acids is 2. The van der Waals surface area contributed by atoms with Gasteiger partial charge in [-0.1, -0.05) is 12.5 Å². The molecule has 0 radical (unpaired) electrons. The number of hydrogen-bond acceptors (Lipinski definition) is 5. The summed E-state index contributed by atoms with van der Waals surface area (Å²) >= 11 is 0. The lowest BCUT2D eigenvalue weighted by Gasteiger charge is -2.23. The van der Waals surface area contributed by atoms with Crippen molar-refractivity contribution in [3.63, 3.8) is 0 Å². The van der Waals surface area contributed by atoms with Crippen LogP contribution in [0.1, 0.15) is 31.7 Å². The SMILES string of the molecule is CNC(=O)[C@@H]1CCC[C@@H]1N[C@@H](C)C(=O)NCc1ccc(OC)c(OC)c1. The zero-order valence-electron chi connectivity index (χ0n) is 15.9. The van der Waals surface area contributed by atoms with Crippen LogP contribution in [0.3, 0.4) is 0 Å². The van der Waals surface area contributed by atoms with E-state index in [1.54, 1.807) is 21.3 Å². The number of nitrogens with one attached hydrogen (secondary N) is 3. The third kappa shape index (κ3) is 4.88. The van der Waals surface area contributed by atoms with Gasteiger partial charge < -0.3 is 25.4 Å². The van der Waals surface area contributed by atoms with Gasteiger partial charge >= 0.3 is 0 Å². The summed E-state index contributed by atoms with van der Waals surface area (Å²) in [5.41, 5.74) is 0.923. The lowest BCUT2D eigenvalue weighted by molar-refractivity contribution is -0.126. The zero-order chi connectivity index (χ0) is 19.1. The predicted octanol–water partition coefficient (Wildman–Crippen LogP) is 1.21. The van der Waals surface area contributed by atoms with Crippen LogP contribution in [0, 0.1) is 5.92 Å². The van der Waals surface area contributed by atoms with E-state index in [0.29, 0.717) is 18.0 Å². The first kappa shape index (κ1) is 20.0. The molecule has 1 aliphatic carbocycles. The summed E-state index contributed by atoms with van der Waals surface area (Å²) in [7, 11) is 4.81. The molecule has 3 N–H and O–H groups in total. The molecule has 1 aromatic rings. The molecule has 1 saturated carbocycles. The second kappa shape index (κ2) is 9.43. The van der Waals surface area contributed by atoms with Gasteiger partial charge in [0.25, 0.3) is 0 Å². The summed E-state index contributed by atoms with van der Waals surface area (Å²) in [5.74, 6) is 1.16. The number of hydrogen-bond donors (Lipinski definition) is 3. The van der Waals surface area contributed by atoms with Crippen molar-refractivity contribution >= 4 is 11.8 Å². The van der Waals surface area contributed by atoms with E-state index in [9.17, 15) is 9.59 Å². The number of amides is 2. The monoisotopic (exact) mass is 363 g/mol. The third-order valence-corrected chi connectivity index (χ3v) is 4.87. The van der Waals surface area contributed by atoms with E-state index in [-0.39, 0.29) is 29.8 Å². The second-order valence-electron chi connectivity index (χ2n) is 6.55. The lowest BCUT2D eigenvalue weighted by Crippen LogP contribution is -2.49. The number of benzene rings is 1. The van der Waals surface area contributed by atoms with E-state index >= 15 is 0 Å². The molecule has 0 unspecified atom stereocenters. The summed E-state index contributed by atoms with van der Waals surface area (Å²) in [5, 5.41) is 8.93. The molecule has 7 nitrogen and oxygen atoms in total. The van der Waals surface area contributed by atoms with E-state index in [0.717, 1.165) is 24.8 Å². The molecule has 0 heterocycles. The van der Waals surface area contributed by atoms with Crippen molar-refractivity contribution in [1.82, 2.24) is 16.0 Å². The summed E-state index contributed by atoms with van der Waals surface area (Å²) in [4.78, 5) is 24.3. The third-order valence-electron chi connectivity index (χ3n) is 4.87. The van der Waals surface area contributed by atoms with Crippen molar-refractivity contribution in [1.29, 1.82) is 0 Å². The quantitative estimate of drug-likeness (QED) is 0.646. The van der Waals surface area contributed by atoms with Gasteiger partial charge in [-0.05, 0) is 37.5 Å². The highest BCUT2D eigenvalue weighted by atomic mass is 16.5. The lowest BCUT2D eigenvalue weighted by atomic mass is 10.0. The minimum atomic E-state index is -0.370. The largest absolute Gasteiger partial charge is 0.493 e. The molecule has 1 aliphatic rings. The topological polar surface area (TPSA) is 88.7 Å². The average Bonchev–Trinajstić information content (AvgIpc) is 3.13. The van der Waals surface area contributed by atoms with Crippen molar-refractivity contribution in [3.8, 4) is 11.5 Å². The van der Waals surface area contributed by atoms with E-state index in [1.807, 2.05) is 25.1 Å². The van der Waals surface area contributed by atoms with Crippen LogP contribution in [-0.4, -0.2) is 45.2 Å². The molecule has 26 heavy (non-hydrogen) atoms. The van der Waals surface area contributed by atoms with Crippen LogP contribution in [0.5, 0.6) is 11.5 Å². The first-order valence-corrected chi connectivity index (χ1v) is 8.96. The fourth-order valence-corrected chi connectivity index (χ4v) is 3.39. The standard InChI is InChI=1S/C19H29N3O4/c1-12(22-15-7-5-6-14(15)19(24)20-2)18(23)21-11-13-8-9-16(25-3)17(10-13)26-4/h8-10,12,14-15,22H,5-7,11H2,1-4H3,(H,20,24)(H,21,23)/t12-,14+,15-/m0/s1. The van der Waals surface area contributed by atoms with Gasteiger partial charge in [0.1, 0.15) is 0 Å². The molecular weight excluding hydrogens is 334 g/mol. The van der Waals surface area contributed by atoms with Crippen LogP contribution in [0.25, 0.3) is 0 Å². The van der Waals surface area contributed by atoms with Crippen molar-refractivity contribution in [3.05, 3.63) is 23.8 Å². The van der Waals surface area contributed by atoms with Gasteiger partial charge in [0.15, 0.2) is 11.5 Å². The molecule has 0 bridgehead atoms. The predicted molar refractivity (Wildman–Crippen MR) is 99.2 cm³/mol. The van der Waals surface area contributed by atoms with Crippen molar-refractivity contribution in [2.75, 3.05) is 21.3 Å². The van der Waals surface area contributed by atoms with Crippen molar-refractivity contribution in [2.24, 2.45) is 5.92 Å². The molecule has 144 valence electrons. The number of ether oxygens (including phenoxy) is 2. The van der Waals surface area contributed by atoms with Crippen LogP contribution in [0.4, 0.5) is 0 Å². The fraction of sp³-hybridized carbons (Fsp3) is 0.579. The summed E-state index contributed by atoms with van der Waals surface area (Å²) in [6, 6.07) is 5.21. The van der Waals surface area contributed by atoms with E-state index in [4.69, 9.17) is 9.47 Å². The fourth-order valence-electron chi connectivity index (χ4n) is 3.39. The van der Waals surface area contributed by atoms with E-state index in [1.165, 1.54) is 0 Å². The Bertz CT molecular complexity index is 635. The first-order valence-electron chi connectivity index (χ1n) is 8.96. The summed E-state index contributed by atoms with van der Waals surface area (Å²) in [6.45, 7) is 2.22. The Labute approximate surface area is 154 Å². The minimum Gasteiger partial charge on any atom is -0.493 e. The molecular formula is C19H29N3O4. The maximum absolute atomic E-state index is 12.4. The Morgan fingerprint density at radius 2 is 1.92 bits per heavy atom. The van der Waals surface area contributed by atoms with Crippen LogP contribution in [-0.2, 0) is 16.1 Å². The highest BCUT2D eigenvalue weighted by molar-refractivity contribution is 5.82. The zero-order valence-corrected chi connectivity index (χ0v) is 15.9. The summed E-state index contributed by atoms with van der Waals surface area (Å²) in [6.07, 6.45) is 2.76. The van der Waals surface area contributed by atoms with Gasteiger partial charge in [-0.2, -0.15) is 0 Å². The molecule has 2 rings (SSSR count). The Morgan fingerprint density at radius 3 is 2.58 bits per heavy atom.